The summed E-state index contributed by atoms with van der Waals surface area (Å²) in [4.78, 5) is 6.74. The van der Waals surface area contributed by atoms with Crippen molar-refractivity contribution in [2.24, 2.45) is 16.8 Å². The fourth-order valence-corrected chi connectivity index (χ4v) is 2.71. The predicted molar refractivity (Wildman–Crippen MR) is 76.7 cm³/mol. The Morgan fingerprint density at radius 1 is 1.47 bits per heavy atom. The molecule has 3 N–H and O–H groups in total. The summed E-state index contributed by atoms with van der Waals surface area (Å²) in [6.45, 7) is 7.36. The third-order valence-electron chi connectivity index (χ3n) is 3.89. The first-order chi connectivity index (χ1) is 9.04. The second-order valence-corrected chi connectivity index (χ2v) is 5.50. The first-order valence-electron chi connectivity index (χ1n) is 6.74. The van der Waals surface area contributed by atoms with Crippen LogP contribution in [0.5, 0.6) is 0 Å². The number of hydrogen-bond acceptors (Lipinski definition) is 4. The highest BCUT2D eigenvalue weighted by Gasteiger charge is 2.27. The standard InChI is InChI=1S/C14H22N4O/c1-9-4-5-11(3)18(8-9)14-12(13(15)17-19)10(2)6-7-16-14/h6-7,9,11,19H,4-5,8H2,1-3H3,(H2,15,17). The summed E-state index contributed by atoms with van der Waals surface area (Å²) in [5.74, 6) is 1.60. The molecule has 0 saturated carbocycles. The third kappa shape index (κ3) is 2.64. The summed E-state index contributed by atoms with van der Waals surface area (Å²) < 4.78 is 0. The third-order valence-corrected chi connectivity index (χ3v) is 3.89. The lowest BCUT2D eigenvalue weighted by atomic mass is 9.94. The van der Waals surface area contributed by atoms with Crippen molar-refractivity contribution < 1.29 is 5.21 Å². The van der Waals surface area contributed by atoms with Crippen molar-refractivity contribution >= 4 is 11.7 Å². The fraction of sp³-hybridized carbons (Fsp3) is 0.571. The van der Waals surface area contributed by atoms with Crippen molar-refractivity contribution in [3.8, 4) is 0 Å². The Labute approximate surface area is 114 Å². The first-order valence-corrected chi connectivity index (χ1v) is 6.74. The average molecular weight is 262 g/mol. The van der Waals surface area contributed by atoms with Gasteiger partial charge in [0.2, 0.25) is 0 Å². The van der Waals surface area contributed by atoms with Gasteiger partial charge in [0, 0.05) is 18.8 Å². The Balaban J connectivity index is 2.46. The molecule has 1 aromatic heterocycles. The smallest absolute Gasteiger partial charge is 0.174 e. The van der Waals surface area contributed by atoms with Crippen LogP contribution >= 0.6 is 0 Å². The van der Waals surface area contributed by atoms with Crippen LogP contribution in [0.3, 0.4) is 0 Å². The monoisotopic (exact) mass is 262 g/mol. The summed E-state index contributed by atoms with van der Waals surface area (Å²) in [7, 11) is 0. The van der Waals surface area contributed by atoms with Gasteiger partial charge in [-0.3, -0.25) is 0 Å². The zero-order valence-corrected chi connectivity index (χ0v) is 11.8. The van der Waals surface area contributed by atoms with Crippen molar-refractivity contribution in [3.05, 3.63) is 23.4 Å². The van der Waals surface area contributed by atoms with E-state index in [-0.39, 0.29) is 5.84 Å². The van der Waals surface area contributed by atoms with Gasteiger partial charge >= 0.3 is 0 Å². The maximum absolute atomic E-state index is 8.97. The summed E-state index contributed by atoms with van der Waals surface area (Å²) in [5, 5.41) is 12.1. The molecule has 0 aromatic carbocycles. The van der Waals surface area contributed by atoms with Crippen LogP contribution in [-0.2, 0) is 0 Å². The molecule has 2 rings (SSSR count). The number of rotatable bonds is 2. The van der Waals surface area contributed by atoms with Crippen LogP contribution < -0.4 is 10.6 Å². The highest BCUT2D eigenvalue weighted by atomic mass is 16.4. The summed E-state index contributed by atoms with van der Waals surface area (Å²) in [5.41, 5.74) is 7.54. The van der Waals surface area contributed by atoms with E-state index in [0.717, 1.165) is 29.9 Å². The molecule has 1 aliphatic rings. The first kappa shape index (κ1) is 13.6. The van der Waals surface area contributed by atoms with Gasteiger partial charge in [-0.1, -0.05) is 12.1 Å². The van der Waals surface area contributed by atoms with Crippen molar-refractivity contribution in [1.82, 2.24) is 4.98 Å². The maximum Gasteiger partial charge on any atom is 0.174 e. The number of anilines is 1. The summed E-state index contributed by atoms with van der Waals surface area (Å²) in [6.07, 6.45) is 4.17. The number of amidine groups is 1. The van der Waals surface area contributed by atoms with Crippen LogP contribution in [0, 0.1) is 12.8 Å². The maximum atomic E-state index is 8.97. The average Bonchev–Trinajstić information content (AvgIpc) is 2.40. The van der Waals surface area contributed by atoms with Gasteiger partial charge < -0.3 is 15.8 Å². The van der Waals surface area contributed by atoms with E-state index in [4.69, 9.17) is 10.9 Å². The molecule has 1 fully saturated rings. The summed E-state index contributed by atoms with van der Waals surface area (Å²) >= 11 is 0. The zero-order chi connectivity index (χ0) is 14.0. The normalized spacial score (nSPS) is 24.6. The molecule has 5 nitrogen and oxygen atoms in total. The van der Waals surface area contributed by atoms with Crippen molar-refractivity contribution in [1.29, 1.82) is 0 Å². The van der Waals surface area contributed by atoms with Gasteiger partial charge in [-0.15, -0.1) is 0 Å². The minimum absolute atomic E-state index is 0.131. The van der Waals surface area contributed by atoms with Crippen molar-refractivity contribution in [2.45, 2.75) is 39.7 Å². The highest BCUT2D eigenvalue weighted by molar-refractivity contribution is 6.02. The lowest BCUT2D eigenvalue weighted by molar-refractivity contribution is 0.318. The molecule has 2 atom stereocenters. The molecule has 1 aliphatic heterocycles. The number of oxime groups is 1. The molecule has 2 unspecified atom stereocenters. The molecule has 5 heteroatoms. The Morgan fingerprint density at radius 2 is 2.21 bits per heavy atom. The van der Waals surface area contributed by atoms with E-state index in [1.165, 1.54) is 6.42 Å². The molecular formula is C14H22N4O. The number of aromatic nitrogens is 1. The highest BCUT2D eigenvalue weighted by Crippen LogP contribution is 2.29. The van der Waals surface area contributed by atoms with Crippen LogP contribution in [0.4, 0.5) is 5.82 Å². The Morgan fingerprint density at radius 3 is 2.89 bits per heavy atom. The van der Waals surface area contributed by atoms with Gasteiger partial charge in [0.05, 0.1) is 5.56 Å². The van der Waals surface area contributed by atoms with Crippen LogP contribution in [0.25, 0.3) is 0 Å². The molecule has 1 aromatic rings. The zero-order valence-electron chi connectivity index (χ0n) is 11.8. The molecule has 0 radical (unpaired) electrons. The minimum atomic E-state index is 0.131. The quantitative estimate of drug-likeness (QED) is 0.370. The summed E-state index contributed by atoms with van der Waals surface area (Å²) in [6, 6.07) is 2.31. The molecule has 2 heterocycles. The Kier molecular flexibility index (Phi) is 3.93. The molecular weight excluding hydrogens is 240 g/mol. The van der Waals surface area contributed by atoms with Gasteiger partial charge in [-0.2, -0.15) is 0 Å². The van der Waals surface area contributed by atoms with Crippen LogP contribution in [0.1, 0.15) is 37.8 Å². The van der Waals surface area contributed by atoms with Gasteiger partial charge in [0.1, 0.15) is 5.82 Å². The molecule has 1 saturated heterocycles. The SMILES string of the molecule is Cc1ccnc(N2CC(C)CCC2C)c1/C(N)=N/O. The number of aryl methyl sites for hydroxylation is 1. The van der Waals surface area contributed by atoms with Crippen molar-refractivity contribution in [2.75, 3.05) is 11.4 Å². The van der Waals surface area contributed by atoms with Crippen LogP contribution in [0.15, 0.2) is 17.4 Å². The van der Waals surface area contributed by atoms with E-state index in [9.17, 15) is 0 Å². The van der Waals surface area contributed by atoms with Gasteiger partial charge in [0.15, 0.2) is 5.84 Å². The van der Waals surface area contributed by atoms with Crippen molar-refractivity contribution in [3.63, 3.8) is 0 Å². The fourth-order valence-electron chi connectivity index (χ4n) is 2.71. The lowest BCUT2D eigenvalue weighted by Crippen LogP contribution is -2.42. The lowest BCUT2D eigenvalue weighted by Gasteiger charge is -2.38. The number of hydrogen-bond donors (Lipinski definition) is 2. The topological polar surface area (TPSA) is 74.7 Å². The molecule has 19 heavy (non-hydrogen) atoms. The van der Waals surface area contributed by atoms with E-state index in [1.807, 2.05) is 13.0 Å². The van der Waals surface area contributed by atoms with E-state index in [0.29, 0.717) is 12.0 Å². The Hall–Kier alpha value is -1.78. The molecule has 0 aliphatic carbocycles. The molecule has 104 valence electrons. The van der Waals surface area contributed by atoms with E-state index < -0.39 is 0 Å². The number of nitrogens with two attached hydrogens (primary N) is 1. The molecule has 0 spiro atoms. The van der Waals surface area contributed by atoms with E-state index in [1.54, 1.807) is 6.20 Å². The van der Waals surface area contributed by atoms with Gasteiger partial charge in [-0.05, 0) is 44.2 Å². The Bertz CT molecular complexity index is 486. The number of pyridine rings is 1. The second kappa shape index (κ2) is 5.47. The van der Waals surface area contributed by atoms with E-state index in [2.05, 4.69) is 28.9 Å². The van der Waals surface area contributed by atoms with Crippen LogP contribution in [0.2, 0.25) is 0 Å². The van der Waals surface area contributed by atoms with Crippen LogP contribution in [-0.4, -0.2) is 28.6 Å². The minimum Gasteiger partial charge on any atom is -0.409 e. The predicted octanol–water partition coefficient (Wildman–Crippen LogP) is 2.11. The van der Waals surface area contributed by atoms with E-state index >= 15 is 0 Å². The largest absolute Gasteiger partial charge is 0.409 e. The molecule has 0 bridgehead atoms. The van der Waals surface area contributed by atoms with Gasteiger partial charge in [0.25, 0.3) is 0 Å². The number of nitrogens with zero attached hydrogens (tertiary/aromatic N) is 3. The number of piperidine rings is 1. The second-order valence-electron chi connectivity index (χ2n) is 5.50. The molecule has 0 amide bonds. The van der Waals surface area contributed by atoms with Gasteiger partial charge in [-0.25, -0.2) is 4.98 Å².